The van der Waals surface area contributed by atoms with Gasteiger partial charge in [0.15, 0.2) is 17.8 Å². The molecule has 0 radical (unpaired) electrons. The van der Waals surface area contributed by atoms with E-state index in [2.05, 4.69) is 0 Å². The predicted octanol–water partition coefficient (Wildman–Crippen LogP) is 0.0232. The van der Waals surface area contributed by atoms with E-state index in [-0.39, 0.29) is 34.6 Å². The van der Waals surface area contributed by atoms with Gasteiger partial charge in [0.2, 0.25) is 6.29 Å². The number of aliphatic hydroxyl groups excluding tert-OH is 4. The first-order valence-electron chi connectivity index (χ1n) is 12.6. The van der Waals surface area contributed by atoms with Gasteiger partial charge in [-0.1, -0.05) is 0 Å². The summed E-state index contributed by atoms with van der Waals surface area (Å²) >= 11 is 0. The van der Waals surface area contributed by atoms with Crippen molar-refractivity contribution in [2.24, 2.45) is 0 Å². The quantitative estimate of drug-likeness (QED) is 0.205. The average molecular weight is 577 g/mol. The third kappa shape index (κ3) is 5.71. The van der Waals surface area contributed by atoms with Crippen molar-refractivity contribution in [1.82, 2.24) is 0 Å². The molecule has 41 heavy (non-hydrogen) atoms. The Morgan fingerprint density at radius 2 is 1.63 bits per heavy atom. The number of fused-ring (bicyclic) bond motifs is 1. The van der Waals surface area contributed by atoms with E-state index in [9.17, 15) is 45.3 Å². The Kier molecular flexibility index (Phi) is 7.89. The Bertz CT molecular complexity index is 1470. The molecule has 9 atom stereocenters. The molecule has 2 aliphatic heterocycles. The van der Waals surface area contributed by atoms with Gasteiger partial charge in [-0.3, -0.25) is 4.79 Å². The summed E-state index contributed by atoms with van der Waals surface area (Å²) in [4.78, 5) is 24.2. The first-order valence-corrected chi connectivity index (χ1v) is 12.6. The number of aromatic hydroxyl groups is 2. The zero-order valence-electron chi connectivity index (χ0n) is 21.4. The molecular weight excluding hydrogens is 548 g/mol. The van der Waals surface area contributed by atoms with Crippen LogP contribution in [-0.2, 0) is 19.0 Å². The summed E-state index contributed by atoms with van der Waals surface area (Å²) in [5.41, 5.74) is -0.119. The van der Waals surface area contributed by atoms with E-state index in [1.807, 2.05) is 0 Å². The Hall–Kier alpha value is -3.76. The fraction of sp³-hybridized carbons (Fsp3) is 0.407. The molecule has 220 valence electrons. The van der Waals surface area contributed by atoms with E-state index >= 15 is 0 Å². The van der Waals surface area contributed by atoms with Crippen LogP contribution in [0.25, 0.3) is 22.3 Å². The minimum Gasteiger partial charge on any atom is -0.508 e. The zero-order chi connectivity index (χ0) is 29.6. The van der Waals surface area contributed by atoms with Crippen molar-refractivity contribution in [3.63, 3.8) is 0 Å². The maximum atomic E-state index is 12.8. The second-order valence-electron chi connectivity index (χ2n) is 9.91. The van der Waals surface area contributed by atoms with Crippen molar-refractivity contribution in [2.45, 2.75) is 68.7 Å². The van der Waals surface area contributed by atoms with Crippen LogP contribution < -0.4 is 10.2 Å². The van der Waals surface area contributed by atoms with Crippen LogP contribution in [-0.4, -0.2) is 97.0 Å². The highest BCUT2D eigenvalue weighted by Gasteiger charge is 2.50. The molecule has 0 bridgehead atoms. The molecule has 2 aliphatic rings. The number of hydrogen-bond acceptors (Lipinski definition) is 13. The smallest absolute Gasteiger partial charge is 0.335 e. The molecule has 14 heteroatoms. The van der Waals surface area contributed by atoms with Gasteiger partial charge in [-0.2, -0.15) is 0 Å². The molecule has 9 unspecified atom stereocenters. The SMILES string of the molecule is CC1CC(O)C(OC2OC(C(=O)O)C(O)C(O)C2O)C(Oc2cc(O)c3c(=O)cc(-c4ccc(O)cc4)oc3c2)O1. The van der Waals surface area contributed by atoms with Crippen molar-refractivity contribution in [2.75, 3.05) is 0 Å². The van der Waals surface area contributed by atoms with E-state index in [0.717, 1.165) is 6.07 Å². The standard InChI is InChI=1S/C27H28O14/c1-10-6-16(31)23(40-26-22(34)20(32)21(33)24(41-26)25(35)36)27(37-10)38-13-7-14(29)19-15(30)9-17(39-18(19)8-13)11-2-4-12(28)5-3-11/h2-5,7-10,16,20-24,26-29,31-34H,6H2,1H3,(H,35,36). The van der Waals surface area contributed by atoms with Crippen molar-refractivity contribution in [3.05, 3.63) is 52.7 Å². The fourth-order valence-electron chi connectivity index (χ4n) is 4.80. The van der Waals surface area contributed by atoms with Gasteiger partial charge in [-0.25, -0.2) is 4.79 Å². The second kappa shape index (κ2) is 11.3. The topological polar surface area (TPSA) is 226 Å². The summed E-state index contributed by atoms with van der Waals surface area (Å²) in [5, 5.41) is 70.5. The van der Waals surface area contributed by atoms with Crippen LogP contribution in [0.3, 0.4) is 0 Å². The number of carboxylic acids is 1. The molecule has 0 amide bonds. The Balaban J connectivity index is 1.44. The van der Waals surface area contributed by atoms with Gasteiger partial charge in [-0.05, 0) is 31.2 Å². The number of carbonyl (C=O) groups is 1. The van der Waals surface area contributed by atoms with Gasteiger partial charge in [-0.15, -0.1) is 0 Å². The third-order valence-corrected chi connectivity index (χ3v) is 6.88. The second-order valence-corrected chi connectivity index (χ2v) is 9.91. The number of rotatable bonds is 6. The van der Waals surface area contributed by atoms with Crippen molar-refractivity contribution < 1.29 is 63.9 Å². The molecule has 0 spiro atoms. The molecule has 2 saturated heterocycles. The van der Waals surface area contributed by atoms with Crippen LogP contribution in [0, 0.1) is 0 Å². The molecule has 2 aromatic carbocycles. The highest BCUT2D eigenvalue weighted by molar-refractivity contribution is 5.86. The summed E-state index contributed by atoms with van der Waals surface area (Å²) < 4.78 is 28.3. The van der Waals surface area contributed by atoms with Crippen molar-refractivity contribution in [3.8, 4) is 28.6 Å². The van der Waals surface area contributed by atoms with E-state index in [1.54, 1.807) is 6.92 Å². The van der Waals surface area contributed by atoms with Crippen LogP contribution in [0.1, 0.15) is 13.3 Å². The van der Waals surface area contributed by atoms with E-state index < -0.39 is 72.5 Å². The van der Waals surface area contributed by atoms with Gasteiger partial charge in [0.1, 0.15) is 58.4 Å². The molecule has 1 aromatic heterocycles. The zero-order valence-corrected chi connectivity index (χ0v) is 21.4. The average Bonchev–Trinajstić information content (AvgIpc) is 2.90. The molecular formula is C27H28O14. The third-order valence-electron chi connectivity index (χ3n) is 6.88. The lowest BCUT2D eigenvalue weighted by atomic mass is 9.98. The Labute approximate surface area is 231 Å². The van der Waals surface area contributed by atoms with Gasteiger partial charge in [0, 0.05) is 30.2 Å². The summed E-state index contributed by atoms with van der Waals surface area (Å²) in [7, 11) is 0. The van der Waals surface area contributed by atoms with E-state index in [4.69, 9.17) is 23.4 Å². The summed E-state index contributed by atoms with van der Waals surface area (Å²) in [6, 6.07) is 9.51. The number of ether oxygens (including phenoxy) is 4. The lowest BCUT2D eigenvalue weighted by molar-refractivity contribution is -0.340. The number of phenols is 2. The maximum absolute atomic E-state index is 12.8. The molecule has 14 nitrogen and oxygen atoms in total. The van der Waals surface area contributed by atoms with E-state index in [1.165, 1.54) is 36.4 Å². The number of aliphatic carboxylic acids is 1. The van der Waals surface area contributed by atoms with Crippen molar-refractivity contribution in [1.29, 1.82) is 0 Å². The van der Waals surface area contributed by atoms with E-state index in [0.29, 0.717) is 5.56 Å². The molecule has 2 fully saturated rings. The largest absolute Gasteiger partial charge is 0.508 e. The molecule has 5 rings (SSSR count). The van der Waals surface area contributed by atoms with Crippen LogP contribution in [0.4, 0.5) is 0 Å². The molecule has 3 aromatic rings. The number of phenolic OH excluding ortho intramolecular Hbond substituents is 2. The fourth-order valence-corrected chi connectivity index (χ4v) is 4.80. The monoisotopic (exact) mass is 576 g/mol. The minimum atomic E-state index is -1.94. The molecule has 3 heterocycles. The molecule has 7 N–H and O–H groups in total. The summed E-state index contributed by atoms with van der Waals surface area (Å²) in [6.45, 7) is 1.64. The number of benzene rings is 2. The predicted molar refractivity (Wildman–Crippen MR) is 136 cm³/mol. The molecule has 0 saturated carbocycles. The lowest BCUT2D eigenvalue weighted by Crippen LogP contribution is -2.63. The first-order chi connectivity index (χ1) is 19.4. The normalized spacial score (nSPS) is 32.1. The van der Waals surface area contributed by atoms with Gasteiger partial charge in [0.05, 0.1) is 12.2 Å². The summed E-state index contributed by atoms with van der Waals surface area (Å²) in [6.07, 6.45) is -14.1. The summed E-state index contributed by atoms with van der Waals surface area (Å²) in [5.74, 6) is -1.99. The number of carboxylic acid groups (broad SMARTS) is 1. The van der Waals surface area contributed by atoms with Crippen molar-refractivity contribution >= 4 is 16.9 Å². The maximum Gasteiger partial charge on any atom is 0.335 e. The Morgan fingerprint density at radius 1 is 0.927 bits per heavy atom. The first kappa shape index (κ1) is 28.8. The number of aliphatic hydroxyl groups is 4. The lowest BCUT2D eigenvalue weighted by Gasteiger charge is -2.43. The van der Waals surface area contributed by atoms with Crippen LogP contribution in [0.15, 0.2) is 51.7 Å². The minimum absolute atomic E-state index is 0.0150. The molecule has 0 aliphatic carbocycles. The van der Waals surface area contributed by atoms with Gasteiger partial charge < -0.3 is 59.1 Å². The van der Waals surface area contributed by atoms with Gasteiger partial charge >= 0.3 is 5.97 Å². The number of hydrogen-bond donors (Lipinski definition) is 7. The highest BCUT2D eigenvalue weighted by Crippen LogP contribution is 2.35. The highest BCUT2D eigenvalue weighted by atomic mass is 16.8. The van der Waals surface area contributed by atoms with Crippen LogP contribution >= 0.6 is 0 Å². The van der Waals surface area contributed by atoms with Crippen LogP contribution in [0.5, 0.6) is 17.2 Å². The Morgan fingerprint density at radius 3 is 2.32 bits per heavy atom. The van der Waals surface area contributed by atoms with Gasteiger partial charge in [0.25, 0.3) is 0 Å². The van der Waals surface area contributed by atoms with Crippen LogP contribution in [0.2, 0.25) is 0 Å².